The van der Waals surface area contributed by atoms with Gasteiger partial charge in [-0.25, -0.2) is 4.39 Å². The minimum atomic E-state index is -0.565. The summed E-state index contributed by atoms with van der Waals surface area (Å²) < 4.78 is 12.8. The van der Waals surface area contributed by atoms with Gasteiger partial charge in [-0.3, -0.25) is 4.98 Å². The van der Waals surface area contributed by atoms with Crippen LogP contribution in [-0.2, 0) is 0 Å². The number of benzene rings is 1. The monoisotopic (exact) mass is 229 g/mol. The Morgan fingerprint density at radius 1 is 1.18 bits per heavy atom. The molecule has 0 saturated carbocycles. The fourth-order valence-corrected chi connectivity index (χ4v) is 1.53. The van der Waals surface area contributed by atoms with Crippen LogP contribution in [0.15, 0.2) is 54.6 Å². The first-order valence-electron chi connectivity index (χ1n) is 5.27. The van der Waals surface area contributed by atoms with Gasteiger partial charge >= 0.3 is 0 Å². The number of halogens is 1. The van der Waals surface area contributed by atoms with Crippen LogP contribution >= 0.6 is 0 Å². The molecule has 0 unspecified atom stereocenters. The number of aromatic nitrogens is 1. The standard InChI is InChI=1S/C14H12FNO/c15-14(10-17)8-11-3-5-12(6-4-11)13-2-1-7-16-9-13/h1-9,17H,10H2/b14-8-. The van der Waals surface area contributed by atoms with Crippen molar-refractivity contribution in [2.24, 2.45) is 0 Å². The molecule has 0 atom stereocenters. The highest BCUT2D eigenvalue weighted by molar-refractivity contribution is 5.65. The number of aliphatic hydroxyl groups excluding tert-OH is 1. The molecule has 0 spiro atoms. The predicted octanol–water partition coefficient (Wildman–Crippen LogP) is 3.05. The molecule has 0 amide bonds. The van der Waals surface area contributed by atoms with E-state index in [2.05, 4.69) is 4.98 Å². The molecule has 0 aliphatic heterocycles. The van der Waals surface area contributed by atoms with Gasteiger partial charge < -0.3 is 5.11 Å². The average Bonchev–Trinajstić information content (AvgIpc) is 2.40. The normalized spacial score (nSPS) is 11.5. The molecule has 0 bridgehead atoms. The topological polar surface area (TPSA) is 33.1 Å². The van der Waals surface area contributed by atoms with Gasteiger partial charge in [0.15, 0.2) is 0 Å². The van der Waals surface area contributed by atoms with E-state index in [-0.39, 0.29) is 0 Å². The molecule has 1 aromatic carbocycles. The highest BCUT2D eigenvalue weighted by Gasteiger charge is 1.97. The summed E-state index contributed by atoms with van der Waals surface area (Å²) in [5.41, 5.74) is 2.77. The fraction of sp³-hybridized carbons (Fsp3) is 0.0714. The SMILES string of the molecule is OC/C(F)=C/c1ccc(-c2cccnc2)cc1. The second-order valence-electron chi connectivity index (χ2n) is 3.61. The van der Waals surface area contributed by atoms with Crippen molar-refractivity contribution in [3.63, 3.8) is 0 Å². The summed E-state index contributed by atoms with van der Waals surface area (Å²) >= 11 is 0. The minimum absolute atomic E-state index is 0.542. The van der Waals surface area contributed by atoms with E-state index in [0.717, 1.165) is 16.7 Å². The number of hydrogen-bond acceptors (Lipinski definition) is 2. The number of hydrogen-bond donors (Lipinski definition) is 1. The Bertz CT molecular complexity index is 506. The van der Waals surface area contributed by atoms with Crippen LogP contribution in [0.3, 0.4) is 0 Å². The zero-order valence-corrected chi connectivity index (χ0v) is 9.18. The first kappa shape index (κ1) is 11.5. The van der Waals surface area contributed by atoms with Gasteiger partial charge in [0.1, 0.15) is 5.83 Å². The zero-order valence-electron chi connectivity index (χ0n) is 9.18. The van der Waals surface area contributed by atoms with Gasteiger partial charge in [0.25, 0.3) is 0 Å². The third-order valence-corrected chi connectivity index (χ3v) is 2.38. The van der Waals surface area contributed by atoms with E-state index in [0.29, 0.717) is 0 Å². The molecule has 2 nitrogen and oxygen atoms in total. The lowest BCUT2D eigenvalue weighted by Crippen LogP contribution is -1.83. The summed E-state index contributed by atoms with van der Waals surface area (Å²) in [5, 5.41) is 8.58. The van der Waals surface area contributed by atoms with Crippen LogP contribution in [0.25, 0.3) is 17.2 Å². The quantitative estimate of drug-likeness (QED) is 0.877. The Labute approximate surface area is 99.1 Å². The van der Waals surface area contributed by atoms with Gasteiger partial charge in [-0.05, 0) is 28.8 Å². The van der Waals surface area contributed by atoms with Gasteiger partial charge in [0.2, 0.25) is 0 Å². The molecule has 0 aliphatic carbocycles. The number of aliphatic hydroxyl groups is 1. The summed E-state index contributed by atoms with van der Waals surface area (Å²) in [6, 6.07) is 11.2. The Morgan fingerprint density at radius 2 is 1.94 bits per heavy atom. The lowest BCUT2D eigenvalue weighted by atomic mass is 10.1. The van der Waals surface area contributed by atoms with Crippen LogP contribution in [0.5, 0.6) is 0 Å². The van der Waals surface area contributed by atoms with Crippen molar-refractivity contribution in [1.82, 2.24) is 4.98 Å². The Morgan fingerprint density at radius 3 is 2.53 bits per heavy atom. The first-order chi connectivity index (χ1) is 8.29. The van der Waals surface area contributed by atoms with Crippen LogP contribution < -0.4 is 0 Å². The second kappa shape index (κ2) is 5.37. The maximum absolute atomic E-state index is 12.8. The molecule has 2 rings (SSSR count). The van der Waals surface area contributed by atoms with Crippen molar-refractivity contribution in [3.05, 3.63) is 60.2 Å². The van der Waals surface area contributed by atoms with Gasteiger partial charge in [-0.15, -0.1) is 0 Å². The van der Waals surface area contributed by atoms with Crippen molar-refractivity contribution < 1.29 is 9.50 Å². The van der Waals surface area contributed by atoms with E-state index in [1.165, 1.54) is 6.08 Å². The van der Waals surface area contributed by atoms with Gasteiger partial charge in [-0.1, -0.05) is 30.3 Å². The summed E-state index contributed by atoms with van der Waals surface area (Å²) in [6.07, 6.45) is 4.81. The van der Waals surface area contributed by atoms with Gasteiger partial charge in [0.05, 0.1) is 6.61 Å². The van der Waals surface area contributed by atoms with Crippen molar-refractivity contribution >= 4 is 6.08 Å². The maximum Gasteiger partial charge on any atom is 0.126 e. The molecule has 0 aliphatic rings. The molecule has 3 heteroatoms. The molecule has 0 fully saturated rings. The Kier molecular flexibility index (Phi) is 3.62. The fourth-order valence-electron chi connectivity index (χ4n) is 1.53. The predicted molar refractivity (Wildman–Crippen MR) is 65.8 cm³/mol. The molecular formula is C14H12FNO. The van der Waals surface area contributed by atoms with Crippen LogP contribution in [0.1, 0.15) is 5.56 Å². The first-order valence-corrected chi connectivity index (χ1v) is 5.27. The Balaban J connectivity index is 2.25. The van der Waals surface area contributed by atoms with E-state index < -0.39 is 12.4 Å². The van der Waals surface area contributed by atoms with Gasteiger partial charge in [-0.2, -0.15) is 0 Å². The molecule has 17 heavy (non-hydrogen) atoms. The highest BCUT2D eigenvalue weighted by atomic mass is 19.1. The van der Waals surface area contributed by atoms with Gasteiger partial charge in [0, 0.05) is 12.4 Å². The average molecular weight is 229 g/mol. The molecule has 0 saturated heterocycles. The molecule has 1 heterocycles. The summed E-state index contributed by atoms with van der Waals surface area (Å²) in [7, 11) is 0. The Hall–Kier alpha value is -2.00. The van der Waals surface area contributed by atoms with Crippen molar-refractivity contribution in [2.45, 2.75) is 0 Å². The lowest BCUT2D eigenvalue weighted by molar-refractivity contribution is 0.300. The van der Waals surface area contributed by atoms with Crippen LogP contribution in [0.2, 0.25) is 0 Å². The van der Waals surface area contributed by atoms with E-state index in [1.807, 2.05) is 24.3 Å². The smallest absolute Gasteiger partial charge is 0.126 e. The number of rotatable bonds is 3. The van der Waals surface area contributed by atoms with E-state index in [9.17, 15) is 4.39 Å². The van der Waals surface area contributed by atoms with Crippen molar-refractivity contribution in [2.75, 3.05) is 6.61 Å². The lowest BCUT2D eigenvalue weighted by Gasteiger charge is -2.01. The number of pyridine rings is 1. The van der Waals surface area contributed by atoms with Crippen molar-refractivity contribution in [1.29, 1.82) is 0 Å². The molecule has 1 N–H and O–H groups in total. The van der Waals surface area contributed by atoms with Crippen LogP contribution in [0, 0.1) is 0 Å². The van der Waals surface area contributed by atoms with E-state index in [1.54, 1.807) is 24.5 Å². The summed E-state index contributed by atoms with van der Waals surface area (Å²) in [4.78, 5) is 4.04. The molecule has 86 valence electrons. The summed E-state index contributed by atoms with van der Waals surface area (Å²) in [5.74, 6) is -0.542. The van der Waals surface area contributed by atoms with Crippen molar-refractivity contribution in [3.8, 4) is 11.1 Å². The number of nitrogens with zero attached hydrogens (tertiary/aromatic N) is 1. The van der Waals surface area contributed by atoms with E-state index in [4.69, 9.17) is 5.11 Å². The zero-order chi connectivity index (χ0) is 12.1. The molecular weight excluding hydrogens is 217 g/mol. The second-order valence-corrected chi connectivity index (χ2v) is 3.61. The third kappa shape index (κ3) is 2.98. The van der Waals surface area contributed by atoms with E-state index >= 15 is 0 Å². The third-order valence-electron chi connectivity index (χ3n) is 2.38. The van der Waals surface area contributed by atoms with Crippen LogP contribution in [0.4, 0.5) is 4.39 Å². The molecule has 0 radical (unpaired) electrons. The largest absolute Gasteiger partial charge is 0.389 e. The molecule has 2 aromatic rings. The maximum atomic E-state index is 12.8. The molecule has 1 aromatic heterocycles. The highest BCUT2D eigenvalue weighted by Crippen LogP contribution is 2.19. The minimum Gasteiger partial charge on any atom is -0.389 e. The summed E-state index contributed by atoms with van der Waals surface area (Å²) in [6.45, 7) is -0.565. The van der Waals surface area contributed by atoms with Crippen LogP contribution in [-0.4, -0.2) is 16.7 Å².